The third kappa shape index (κ3) is 3.46. The van der Waals surface area contributed by atoms with Gasteiger partial charge in [-0.2, -0.15) is 0 Å². The van der Waals surface area contributed by atoms with E-state index in [1.54, 1.807) is 0 Å². The molecular weight excluding hydrogens is 310 g/mol. The summed E-state index contributed by atoms with van der Waals surface area (Å²) in [5, 5.41) is 12.5. The van der Waals surface area contributed by atoms with Crippen LogP contribution in [-0.2, 0) is 0 Å². The molecular formula is C14H10ClF4NO. The molecule has 0 saturated heterocycles. The van der Waals surface area contributed by atoms with Gasteiger partial charge in [0.15, 0.2) is 23.3 Å². The van der Waals surface area contributed by atoms with Crippen molar-refractivity contribution >= 4 is 17.3 Å². The first kappa shape index (κ1) is 15.6. The second-order valence-electron chi connectivity index (χ2n) is 4.29. The molecule has 0 aromatic heterocycles. The van der Waals surface area contributed by atoms with E-state index in [1.165, 1.54) is 24.3 Å². The number of aliphatic hydroxyl groups excluding tert-OH is 1. The third-order valence-corrected chi connectivity index (χ3v) is 3.09. The highest BCUT2D eigenvalue weighted by atomic mass is 35.5. The zero-order chi connectivity index (χ0) is 15.6. The summed E-state index contributed by atoms with van der Waals surface area (Å²) >= 11 is 5.69. The lowest BCUT2D eigenvalue weighted by molar-refractivity contribution is 0.191. The van der Waals surface area contributed by atoms with E-state index in [9.17, 15) is 22.7 Å². The van der Waals surface area contributed by atoms with Crippen LogP contribution >= 0.6 is 11.6 Å². The summed E-state index contributed by atoms with van der Waals surface area (Å²) in [6.07, 6.45) is -1.13. The van der Waals surface area contributed by atoms with E-state index in [0.717, 1.165) is 0 Å². The van der Waals surface area contributed by atoms with Gasteiger partial charge in [0.05, 0.1) is 6.10 Å². The molecule has 21 heavy (non-hydrogen) atoms. The van der Waals surface area contributed by atoms with Gasteiger partial charge in [0, 0.05) is 17.6 Å². The van der Waals surface area contributed by atoms with Gasteiger partial charge in [-0.05, 0) is 17.7 Å². The van der Waals surface area contributed by atoms with Crippen molar-refractivity contribution in [3.05, 3.63) is 64.2 Å². The fourth-order valence-corrected chi connectivity index (χ4v) is 1.86. The molecule has 1 unspecified atom stereocenters. The molecule has 2 aromatic carbocycles. The van der Waals surface area contributed by atoms with Gasteiger partial charge in [-0.25, -0.2) is 17.6 Å². The van der Waals surface area contributed by atoms with E-state index in [4.69, 9.17) is 11.6 Å². The molecule has 2 N–H and O–H groups in total. The standard InChI is InChI=1S/C14H10ClF4NO/c15-8-3-1-7(2-4-8)11(21)6-20-14-12(18)9(16)5-10(17)13(14)19/h1-5,11,20-21H,6H2. The molecule has 2 rings (SSSR count). The average Bonchev–Trinajstić information content (AvgIpc) is 2.45. The van der Waals surface area contributed by atoms with Crippen molar-refractivity contribution in [2.75, 3.05) is 11.9 Å². The third-order valence-electron chi connectivity index (χ3n) is 2.84. The quantitative estimate of drug-likeness (QED) is 0.658. The first-order valence-corrected chi connectivity index (χ1v) is 6.28. The minimum Gasteiger partial charge on any atom is -0.387 e. The SMILES string of the molecule is OC(CNc1c(F)c(F)cc(F)c1F)c1ccc(Cl)cc1. The Balaban J connectivity index is 2.15. The molecule has 0 bridgehead atoms. The van der Waals surface area contributed by atoms with Gasteiger partial charge >= 0.3 is 0 Å². The number of nitrogens with one attached hydrogen (secondary N) is 1. The Morgan fingerprint density at radius 3 is 2.05 bits per heavy atom. The number of rotatable bonds is 4. The Labute approximate surface area is 123 Å². The molecule has 7 heteroatoms. The van der Waals surface area contributed by atoms with Crippen molar-refractivity contribution in [3.63, 3.8) is 0 Å². The van der Waals surface area contributed by atoms with E-state index >= 15 is 0 Å². The van der Waals surface area contributed by atoms with E-state index in [0.29, 0.717) is 10.6 Å². The van der Waals surface area contributed by atoms with Crippen molar-refractivity contribution in [1.82, 2.24) is 0 Å². The van der Waals surface area contributed by atoms with Gasteiger partial charge in [-0.1, -0.05) is 23.7 Å². The minimum atomic E-state index is -1.54. The Hall–Kier alpha value is -1.79. The van der Waals surface area contributed by atoms with Crippen LogP contribution in [0, 0.1) is 23.3 Å². The number of anilines is 1. The van der Waals surface area contributed by atoms with Crippen molar-refractivity contribution < 1.29 is 22.7 Å². The van der Waals surface area contributed by atoms with Crippen LogP contribution in [0.15, 0.2) is 30.3 Å². The van der Waals surface area contributed by atoms with Gasteiger partial charge in [0.1, 0.15) is 5.69 Å². The Morgan fingerprint density at radius 2 is 1.52 bits per heavy atom. The molecule has 0 amide bonds. The first-order valence-electron chi connectivity index (χ1n) is 5.90. The van der Waals surface area contributed by atoms with Crippen LogP contribution < -0.4 is 5.32 Å². The lowest BCUT2D eigenvalue weighted by atomic mass is 10.1. The van der Waals surface area contributed by atoms with Gasteiger partial charge < -0.3 is 10.4 Å². The molecule has 2 aromatic rings. The highest BCUT2D eigenvalue weighted by molar-refractivity contribution is 6.30. The monoisotopic (exact) mass is 319 g/mol. The summed E-state index contributed by atoms with van der Waals surface area (Å²) in [5.41, 5.74) is -0.523. The van der Waals surface area contributed by atoms with Gasteiger partial charge in [0.25, 0.3) is 0 Å². The maximum Gasteiger partial charge on any atom is 0.185 e. The molecule has 0 fully saturated rings. The number of hydrogen-bond donors (Lipinski definition) is 2. The van der Waals surface area contributed by atoms with Crippen molar-refractivity contribution in [1.29, 1.82) is 0 Å². The highest BCUT2D eigenvalue weighted by Crippen LogP contribution is 2.25. The lowest BCUT2D eigenvalue weighted by Crippen LogP contribution is -2.15. The molecule has 0 aliphatic carbocycles. The number of halogens is 5. The Morgan fingerprint density at radius 1 is 1.00 bits per heavy atom. The molecule has 0 spiro atoms. The molecule has 2 nitrogen and oxygen atoms in total. The Bertz CT molecular complexity index is 622. The van der Waals surface area contributed by atoms with Crippen LogP contribution in [0.4, 0.5) is 23.2 Å². The predicted molar refractivity (Wildman–Crippen MR) is 71.2 cm³/mol. The molecule has 0 heterocycles. The predicted octanol–water partition coefficient (Wildman–Crippen LogP) is 4.04. The van der Waals surface area contributed by atoms with Crippen LogP contribution in [0.25, 0.3) is 0 Å². The molecule has 0 aliphatic rings. The van der Waals surface area contributed by atoms with Crippen molar-refractivity contribution in [2.45, 2.75) is 6.10 Å². The summed E-state index contributed by atoms with van der Waals surface area (Å²) in [5.74, 6) is -6.12. The maximum absolute atomic E-state index is 13.4. The zero-order valence-corrected chi connectivity index (χ0v) is 11.3. The second-order valence-corrected chi connectivity index (χ2v) is 4.73. The highest BCUT2D eigenvalue weighted by Gasteiger charge is 2.19. The fraction of sp³-hybridized carbons (Fsp3) is 0.143. The largest absolute Gasteiger partial charge is 0.387 e. The normalized spacial score (nSPS) is 12.3. The van der Waals surface area contributed by atoms with Crippen LogP contribution in [0.2, 0.25) is 5.02 Å². The van der Waals surface area contributed by atoms with E-state index in [2.05, 4.69) is 5.32 Å². The molecule has 0 radical (unpaired) electrons. The molecule has 112 valence electrons. The van der Waals surface area contributed by atoms with Gasteiger partial charge in [-0.3, -0.25) is 0 Å². The Kier molecular flexibility index (Phi) is 4.69. The zero-order valence-electron chi connectivity index (χ0n) is 10.5. The minimum absolute atomic E-state index is 0.117. The van der Waals surface area contributed by atoms with Crippen LogP contribution in [0.3, 0.4) is 0 Å². The second kappa shape index (κ2) is 6.32. The van der Waals surface area contributed by atoms with Crippen molar-refractivity contribution in [2.24, 2.45) is 0 Å². The number of benzene rings is 2. The van der Waals surface area contributed by atoms with Crippen molar-refractivity contribution in [3.8, 4) is 0 Å². The average molecular weight is 320 g/mol. The van der Waals surface area contributed by atoms with E-state index in [1.807, 2.05) is 0 Å². The van der Waals surface area contributed by atoms with E-state index in [-0.39, 0.29) is 12.6 Å². The summed E-state index contributed by atoms with van der Waals surface area (Å²) in [7, 11) is 0. The van der Waals surface area contributed by atoms with Crippen LogP contribution in [0.5, 0.6) is 0 Å². The van der Waals surface area contributed by atoms with Gasteiger partial charge in [-0.15, -0.1) is 0 Å². The molecule has 0 saturated carbocycles. The molecule has 1 atom stereocenters. The lowest BCUT2D eigenvalue weighted by Gasteiger charge is -2.14. The summed E-state index contributed by atoms with van der Waals surface area (Å²) < 4.78 is 52.8. The van der Waals surface area contributed by atoms with Gasteiger partial charge in [0.2, 0.25) is 0 Å². The summed E-state index contributed by atoms with van der Waals surface area (Å²) in [6.45, 7) is -0.335. The molecule has 0 aliphatic heterocycles. The topological polar surface area (TPSA) is 32.3 Å². The first-order chi connectivity index (χ1) is 9.90. The fourth-order valence-electron chi connectivity index (χ4n) is 1.73. The maximum atomic E-state index is 13.4. The van der Waals surface area contributed by atoms with E-state index < -0.39 is 35.1 Å². The smallest absolute Gasteiger partial charge is 0.185 e. The number of aliphatic hydroxyl groups is 1. The number of hydrogen-bond acceptors (Lipinski definition) is 2. The summed E-state index contributed by atoms with van der Waals surface area (Å²) in [4.78, 5) is 0. The van der Waals surface area contributed by atoms with Crippen LogP contribution in [-0.4, -0.2) is 11.7 Å². The van der Waals surface area contributed by atoms with Crippen LogP contribution in [0.1, 0.15) is 11.7 Å². The summed E-state index contributed by atoms with van der Waals surface area (Å²) in [6, 6.07) is 6.22.